The highest BCUT2D eigenvalue weighted by molar-refractivity contribution is 6.30. The van der Waals surface area contributed by atoms with E-state index in [1.54, 1.807) is 30.3 Å². The van der Waals surface area contributed by atoms with E-state index in [0.717, 1.165) is 0 Å². The quantitative estimate of drug-likeness (QED) is 0.668. The first-order chi connectivity index (χ1) is 16.0. The highest BCUT2D eigenvalue weighted by Crippen LogP contribution is 2.32. The lowest BCUT2D eigenvalue weighted by molar-refractivity contribution is -0.119. The van der Waals surface area contributed by atoms with Crippen LogP contribution >= 0.6 is 11.6 Å². The first-order valence-electron chi connectivity index (χ1n) is 9.81. The van der Waals surface area contributed by atoms with Gasteiger partial charge in [-0.2, -0.15) is 10.3 Å². The number of nitrogens with one attached hydrogen (secondary N) is 2. The predicted molar refractivity (Wildman–Crippen MR) is 120 cm³/mol. The van der Waals surface area contributed by atoms with Crippen molar-refractivity contribution in [1.29, 1.82) is 5.26 Å². The molecule has 2 aromatic rings. The Labute approximate surface area is 194 Å². The van der Waals surface area contributed by atoms with E-state index in [-0.39, 0.29) is 35.8 Å². The van der Waals surface area contributed by atoms with E-state index in [4.69, 9.17) is 30.5 Å². The Bertz CT molecular complexity index is 1250. The molecule has 0 saturated carbocycles. The fourth-order valence-corrected chi connectivity index (χ4v) is 3.20. The molecular formula is C22H18ClN5O5. The average molecular weight is 468 g/mol. The van der Waals surface area contributed by atoms with Crippen molar-refractivity contribution in [3.8, 4) is 29.1 Å². The summed E-state index contributed by atoms with van der Waals surface area (Å²) >= 11 is 6.12. The summed E-state index contributed by atoms with van der Waals surface area (Å²) in [6, 6.07) is 11.7. The summed E-state index contributed by atoms with van der Waals surface area (Å²) < 4.78 is 22.6. The number of fused-ring (bicyclic) bond motifs is 1. The van der Waals surface area contributed by atoms with Crippen LogP contribution in [0.5, 0.6) is 23.0 Å². The number of halogens is 1. The second-order valence-electron chi connectivity index (χ2n) is 6.67. The molecule has 0 atom stereocenters. The molecule has 168 valence electrons. The fraction of sp³-hybridized carbons (Fsp3) is 0.182. The van der Waals surface area contributed by atoms with E-state index in [0.29, 0.717) is 40.3 Å². The molecule has 10 nitrogen and oxygen atoms in total. The number of carbonyl (C=O) groups excluding carboxylic acids is 1. The van der Waals surface area contributed by atoms with E-state index < -0.39 is 0 Å². The minimum absolute atomic E-state index is 0.000543. The lowest BCUT2D eigenvalue weighted by Gasteiger charge is -2.25. The van der Waals surface area contributed by atoms with E-state index in [2.05, 4.69) is 26.7 Å². The SMILES string of the molecule is CCOc1ccc(C#N)cc1OC1=C2NC(=O)CN=C2NC(Oc2cc(Cl)cc(OC)c2)=N1. The number of amides is 1. The zero-order valence-electron chi connectivity index (χ0n) is 17.6. The number of nitrogens with zero attached hydrogens (tertiary/aromatic N) is 3. The number of nitriles is 1. The third-order valence-electron chi connectivity index (χ3n) is 4.40. The van der Waals surface area contributed by atoms with Crippen LogP contribution in [0, 0.1) is 11.3 Å². The zero-order chi connectivity index (χ0) is 23.4. The topological polar surface area (TPSA) is 127 Å². The van der Waals surface area contributed by atoms with E-state index in [1.165, 1.54) is 13.2 Å². The number of aliphatic imine (C=N–C) groups is 2. The van der Waals surface area contributed by atoms with Crippen molar-refractivity contribution in [2.75, 3.05) is 20.3 Å². The van der Waals surface area contributed by atoms with Gasteiger partial charge in [0.15, 0.2) is 17.3 Å². The maximum absolute atomic E-state index is 12.0. The molecule has 33 heavy (non-hydrogen) atoms. The van der Waals surface area contributed by atoms with Gasteiger partial charge < -0.3 is 24.3 Å². The standard InChI is InChI=1S/C22H18ClN5O5/c1-3-31-16-5-4-12(10-24)6-17(16)33-21-19-20(25-11-18(29)26-19)27-22(28-21)32-15-8-13(23)7-14(9-15)30-2/h4-9H,3,11H2,1-2H3,(H,26,29)(H,25,27,28). The maximum Gasteiger partial charge on any atom is 0.304 e. The predicted octanol–water partition coefficient (Wildman–Crippen LogP) is 2.73. The maximum atomic E-state index is 12.0. The molecule has 0 unspecified atom stereocenters. The summed E-state index contributed by atoms with van der Waals surface area (Å²) in [4.78, 5) is 20.5. The van der Waals surface area contributed by atoms with Crippen molar-refractivity contribution < 1.29 is 23.7 Å². The van der Waals surface area contributed by atoms with E-state index >= 15 is 0 Å². The Morgan fingerprint density at radius 3 is 2.70 bits per heavy atom. The second kappa shape index (κ2) is 9.50. The van der Waals surface area contributed by atoms with Gasteiger partial charge >= 0.3 is 6.02 Å². The number of carbonyl (C=O) groups is 1. The number of methoxy groups -OCH3 is 1. The molecule has 0 fully saturated rings. The Kier molecular flexibility index (Phi) is 6.33. The molecule has 11 heteroatoms. The summed E-state index contributed by atoms with van der Waals surface area (Å²) in [5, 5.41) is 15.3. The minimum Gasteiger partial charge on any atom is -0.497 e. The third-order valence-corrected chi connectivity index (χ3v) is 4.62. The van der Waals surface area contributed by atoms with Crippen molar-refractivity contribution in [3.63, 3.8) is 0 Å². The first-order valence-corrected chi connectivity index (χ1v) is 10.2. The number of hydrogen-bond donors (Lipinski definition) is 2. The van der Waals surface area contributed by atoms with Gasteiger partial charge in [-0.05, 0) is 31.2 Å². The summed E-state index contributed by atoms with van der Waals surface area (Å²) in [5.74, 6) is 1.48. The molecule has 0 bridgehead atoms. The molecule has 2 N–H and O–H groups in total. The molecular weight excluding hydrogens is 450 g/mol. The third kappa shape index (κ3) is 4.99. The lowest BCUT2D eigenvalue weighted by Crippen LogP contribution is -2.48. The van der Waals surface area contributed by atoms with Gasteiger partial charge in [-0.25, -0.2) is 0 Å². The average Bonchev–Trinajstić information content (AvgIpc) is 2.80. The Balaban J connectivity index is 1.73. The highest BCUT2D eigenvalue weighted by Gasteiger charge is 2.29. The molecule has 0 saturated heterocycles. The van der Waals surface area contributed by atoms with Gasteiger partial charge in [0.25, 0.3) is 5.88 Å². The normalized spacial score (nSPS) is 14.7. The zero-order valence-corrected chi connectivity index (χ0v) is 18.4. The van der Waals surface area contributed by atoms with Crippen LogP contribution in [0.1, 0.15) is 12.5 Å². The van der Waals surface area contributed by atoms with Crippen molar-refractivity contribution >= 4 is 29.4 Å². The molecule has 2 heterocycles. The highest BCUT2D eigenvalue weighted by atomic mass is 35.5. The largest absolute Gasteiger partial charge is 0.497 e. The number of ether oxygens (including phenoxy) is 4. The molecule has 0 spiro atoms. The Morgan fingerprint density at radius 1 is 1.12 bits per heavy atom. The molecule has 0 radical (unpaired) electrons. The first kappa shape index (κ1) is 22.0. The van der Waals surface area contributed by atoms with Gasteiger partial charge in [0.2, 0.25) is 5.91 Å². The number of benzene rings is 2. The lowest BCUT2D eigenvalue weighted by atomic mass is 10.2. The van der Waals surface area contributed by atoms with Crippen LogP contribution in [0.3, 0.4) is 0 Å². The summed E-state index contributed by atoms with van der Waals surface area (Å²) in [6.07, 6.45) is 0. The number of rotatable bonds is 6. The van der Waals surface area contributed by atoms with E-state index in [9.17, 15) is 10.1 Å². The van der Waals surface area contributed by atoms with Crippen LogP contribution < -0.4 is 29.6 Å². The van der Waals surface area contributed by atoms with Gasteiger partial charge in [-0.3, -0.25) is 15.1 Å². The molecule has 2 aromatic carbocycles. The molecule has 0 aromatic heterocycles. The van der Waals surface area contributed by atoms with Gasteiger partial charge in [0.05, 0.1) is 25.3 Å². The van der Waals surface area contributed by atoms with Crippen LogP contribution in [0.4, 0.5) is 0 Å². The van der Waals surface area contributed by atoms with Crippen LogP contribution in [0.2, 0.25) is 5.02 Å². The smallest absolute Gasteiger partial charge is 0.304 e. The van der Waals surface area contributed by atoms with Gasteiger partial charge in [-0.1, -0.05) is 11.6 Å². The second-order valence-corrected chi connectivity index (χ2v) is 7.11. The van der Waals surface area contributed by atoms with Crippen LogP contribution in [0.15, 0.2) is 58.0 Å². The molecule has 2 aliphatic heterocycles. The minimum atomic E-state index is -0.327. The van der Waals surface area contributed by atoms with Crippen molar-refractivity contribution in [1.82, 2.24) is 10.6 Å². The summed E-state index contributed by atoms with van der Waals surface area (Å²) in [5.41, 5.74) is 0.591. The van der Waals surface area contributed by atoms with Crippen LogP contribution in [-0.2, 0) is 4.79 Å². The monoisotopic (exact) mass is 467 g/mol. The summed E-state index contributed by atoms with van der Waals surface area (Å²) in [6.45, 7) is 2.13. The van der Waals surface area contributed by atoms with E-state index in [1.807, 2.05) is 6.92 Å². The van der Waals surface area contributed by atoms with Crippen molar-refractivity contribution in [2.45, 2.75) is 6.92 Å². The molecule has 1 amide bonds. The van der Waals surface area contributed by atoms with Crippen LogP contribution in [0.25, 0.3) is 0 Å². The van der Waals surface area contributed by atoms with Crippen molar-refractivity contribution in [3.05, 3.63) is 58.6 Å². The molecule has 0 aliphatic carbocycles. The Hall–Kier alpha value is -4.23. The molecule has 4 rings (SSSR count). The van der Waals surface area contributed by atoms with Crippen LogP contribution in [-0.4, -0.2) is 38.0 Å². The van der Waals surface area contributed by atoms with Gasteiger partial charge in [0.1, 0.15) is 23.7 Å². The van der Waals surface area contributed by atoms with Gasteiger partial charge in [0, 0.05) is 17.2 Å². The molecule has 2 aliphatic rings. The summed E-state index contributed by atoms with van der Waals surface area (Å²) in [7, 11) is 1.51. The Morgan fingerprint density at radius 2 is 1.94 bits per heavy atom. The van der Waals surface area contributed by atoms with Crippen molar-refractivity contribution in [2.24, 2.45) is 9.98 Å². The number of amidine groups is 2. The fourth-order valence-electron chi connectivity index (χ4n) is 2.99. The van der Waals surface area contributed by atoms with Gasteiger partial charge in [-0.15, -0.1) is 0 Å². The number of hydrogen-bond acceptors (Lipinski definition) is 9.